The van der Waals surface area contributed by atoms with E-state index in [1.165, 1.54) is 7.11 Å². The Balaban J connectivity index is 2.12. The average Bonchev–Trinajstić information content (AvgIpc) is 2.51. The zero-order chi connectivity index (χ0) is 15.2. The molecule has 2 N–H and O–H groups in total. The first-order valence-corrected chi connectivity index (χ1v) is 6.49. The second kappa shape index (κ2) is 6.81. The quantitative estimate of drug-likeness (QED) is 0.814. The van der Waals surface area contributed by atoms with Gasteiger partial charge in [-0.05, 0) is 18.1 Å². The number of nitrogens with one attached hydrogen (secondary N) is 1. The second-order valence-electron chi connectivity index (χ2n) is 4.54. The van der Waals surface area contributed by atoms with Gasteiger partial charge in [-0.1, -0.05) is 24.3 Å². The third kappa shape index (κ3) is 4.00. The normalized spacial score (nSPS) is 10.2. The van der Waals surface area contributed by atoms with Gasteiger partial charge in [0.1, 0.15) is 5.82 Å². The molecule has 0 amide bonds. The third-order valence-electron chi connectivity index (χ3n) is 2.87. The number of esters is 1. The summed E-state index contributed by atoms with van der Waals surface area (Å²) in [6, 6.07) is 9.34. The molecule has 0 saturated heterocycles. The Morgan fingerprint density at radius 2 is 2.05 bits per heavy atom. The molecule has 1 aromatic carbocycles. The van der Waals surface area contributed by atoms with E-state index in [-0.39, 0.29) is 12.4 Å². The maximum atomic E-state index is 11.5. The zero-order valence-corrected chi connectivity index (χ0v) is 12.0. The summed E-state index contributed by atoms with van der Waals surface area (Å²) in [4.78, 5) is 19.6. The minimum absolute atomic E-state index is 0.00689. The number of methoxy groups -OCH3 is 1. The van der Waals surface area contributed by atoms with Crippen LogP contribution in [0.15, 0.2) is 30.3 Å². The standard InChI is InChI=1S/C15H17N3O3/c1-10-6-13(18-14(17-10)15(20)21-2)16-8-11-4-3-5-12(7-11)9-19/h3-7,19H,8-9H2,1-2H3,(H,16,17,18). The number of aliphatic hydroxyl groups excluding tert-OH is 1. The van der Waals surface area contributed by atoms with Crippen LogP contribution in [-0.4, -0.2) is 28.2 Å². The maximum Gasteiger partial charge on any atom is 0.376 e. The third-order valence-corrected chi connectivity index (χ3v) is 2.87. The number of hydrogen-bond donors (Lipinski definition) is 2. The van der Waals surface area contributed by atoms with Crippen LogP contribution in [0.4, 0.5) is 5.82 Å². The van der Waals surface area contributed by atoms with Crippen LogP contribution in [0.25, 0.3) is 0 Å². The summed E-state index contributed by atoms with van der Waals surface area (Å²) in [5.41, 5.74) is 2.54. The lowest BCUT2D eigenvalue weighted by Gasteiger charge is -2.08. The number of rotatable bonds is 5. The van der Waals surface area contributed by atoms with Gasteiger partial charge in [0.15, 0.2) is 0 Å². The number of hydrogen-bond acceptors (Lipinski definition) is 6. The van der Waals surface area contributed by atoms with E-state index in [1.807, 2.05) is 24.3 Å². The van der Waals surface area contributed by atoms with Gasteiger partial charge < -0.3 is 15.2 Å². The molecule has 6 nitrogen and oxygen atoms in total. The lowest BCUT2D eigenvalue weighted by Crippen LogP contribution is -2.11. The summed E-state index contributed by atoms with van der Waals surface area (Å²) < 4.78 is 4.62. The number of aromatic nitrogens is 2. The minimum Gasteiger partial charge on any atom is -0.463 e. The van der Waals surface area contributed by atoms with Crippen LogP contribution in [0, 0.1) is 6.92 Å². The number of nitrogens with zero attached hydrogens (tertiary/aromatic N) is 2. The molecule has 0 radical (unpaired) electrons. The van der Waals surface area contributed by atoms with E-state index in [1.54, 1.807) is 13.0 Å². The molecule has 6 heteroatoms. The number of carbonyl (C=O) groups excluding carboxylic acids is 1. The van der Waals surface area contributed by atoms with Gasteiger partial charge in [0, 0.05) is 18.3 Å². The molecular formula is C15H17N3O3. The molecule has 0 saturated carbocycles. The number of ether oxygens (including phenoxy) is 1. The number of aryl methyl sites for hydroxylation is 1. The summed E-state index contributed by atoms with van der Waals surface area (Å²) in [7, 11) is 1.29. The van der Waals surface area contributed by atoms with E-state index in [2.05, 4.69) is 20.0 Å². The first-order valence-electron chi connectivity index (χ1n) is 6.49. The molecule has 0 aliphatic rings. The van der Waals surface area contributed by atoms with Crippen molar-refractivity contribution in [3.63, 3.8) is 0 Å². The largest absolute Gasteiger partial charge is 0.463 e. The van der Waals surface area contributed by atoms with E-state index >= 15 is 0 Å². The monoisotopic (exact) mass is 287 g/mol. The van der Waals surface area contributed by atoms with Crippen LogP contribution in [0.1, 0.15) is 27.4 Å². The van der Waals surface area contributed by atoms with Crippen LogP contribution < -0.4 is 5.32 Å². The first-order chi connectivity index (χ1) is 10.1. The highest BCUT2D eigenvalue weighted by atomic mass is 16.5. The average molecular weight is 287 g/mol. The summed E-state index contributed by atoms with van der Waals surface area (Å²) in [6.07, 6.45) is 0. The van der Waals surface area contributed by atoms with E-state index in [0.29, 0.717) is 18.1 Å². The number of anilines is 1. The fraction of sp³-hybridized carbons (Fsp3) is 0.267. The highest BCUT2D eigenvalue weighted by Crippen LogP contribution is 2.11. The Bertz CT molecular complexity index is 644. The van der Waals surface area contributed by atoms with Gasteiger partial charge in [0.05, 0.1) is 13.7 Å². The van der Waals surface area contributed by atoms with Crippen molar-refractivity contribution in [1.29, 1.82) is 0 Å². The smallest absolute Gasteiger partial charge is 0.376 e. The topological polar surface area (TPSA) is 84.3 Å². The predicted octanol–water partition coefficient (Wildman–Crippen LogP) is 1.68. The summed E-state index contributed by atoms with van der Waals surface area (Å²) in [6.45, 7) is 2.32. The number of benzene rings is 1. The molecule has 110 valence electrons. The van der Waals surface area contributed by atoms with Crippen molar-refractivity contribution in [3.05, 3.63) is 53.0 Å². The first kappa shape index (κ1) is 14.9. The maximum absolute atomic E-state index is 11.5. The fourth-order valence-electron chi connectivity index (χ4n) is 1.87. The van der Waals surface area contributed by atoms with E-state index in [9.17, 15) is 4.79 Å². The van der Waals surface area contributed by atoms with Crippen molar-refractivity contribution in [2.75, 3.05) is 12.4 Å². The Kier molecular flexibility index (Phi) is 4.84. The molecule has 0 aliphatic heterocycles. The van der Waals surface area contributed by atoms with Crippen molar-refractivity contribution in [2.24, 2.45) is 0 Å². The molecule has 0 atom stereocenters. The Morgan fingerprint density at radius 3 is 2.76 bits per heavy atom. The molecule has 0 fully saturated rings. The van der Waals surface area contributed by atoms with Gasteiger partial charge in [-0.25, -0.2) is 14.8 Å². The highest BCUT2D eigenvalue weighted by molar-refractivity contribution is 5.85. The Hall–Kier alpha value is -2.47. The predicted molar refractivity (Wildman–Crippen MR) is 77.8 cm³/mol. The van der Waals surface area contributed by atoms with E-state index < -0.39 is 5.97 Å². The minimum atomic E-state index is -0.566. The van der Waals surface area contributed by atoms with Gasteiger partial charge in [0.2, 0.25) is 5.82 Å². The molecule has 1 heterocycles. The van der Waals surface area contributed by atoms with Gasteiger partial charge >= 0.3 is 5.97 Å². The van der Waals surface area contributed by atoms with Crippen molar-refractivity contribution in [2.45, 2.75) is 20.1 Å². The SMILES string of the molecule is COC(=O)c1nc(C)cc(NCc2cccc(CO)c2)n1. The van der Waals surface area contributed by atoms with Crippen LogP contribution in [0.5, 0.6) is 0 Å². The highest BCUT2D eigenvalue weighted by Gasteiger charge is 2.11. The van der Waals surface area contributed by atoms with Crippen molar-refractivity contribution >= 4 is 11.8 Å². The summed E-state index contributed by atoms with van der Waals surface area (Å²) in [5, 5.41) is 12.2. The molecule has 1 aromatic heterocycles. The van der Waals surface area contributed by atoms with Gasteiger partial charge in [-0.3, -0.25) is 0 Å². The van der Waals surface area contributed by atoms with Gasteiger partial charge in [-0.15, -0.1) is 0 Å². The molecule has 0 bridgehead atoms. The van der Waals surface area contributed by atoms with Crippen LogP contribution in [0.2, 0.25) is 0 Å². The molecule has 2 aromatic rings. The fourth-order valence-corrected chi connectivity index (χ4v) is 1.87. The van der Waals surface area contributed by atoms with Gasteiger partial charge in [-0.2, -0.15) is 0 Å². The van der Waals surface area contributed by atoms with Crippen LogP contribution in [-0.2, 0) is 17.9 Å². The molecule has 2 rings (SSSR count). The van der Waals surface area contributed by atoms with Gasteiger partial charge in [0.25, 0.3) is 0 Å². The van der Waals surface area contributed by atoms with E-state index in [0.717, 1.165) is 11.1 Å². The van der Waals surface area contributed by atoms with Crippen molar-refractivity contribution < 1.29 is 14.6 Å². The lowest BCUT2D eigenvalue weighted by molar-refractivity contribution is 0.0586. The molecule has 0 aliphatic carbocycles. The second-order valence-corrected chi connectivity index (χ2v) is 4.54. The summed E-state index contributed by atoms with van der Waals surface area (Å²) >= 11 is 0. The Morgan fingerprint density at radius 1 is 1.29 bits per heavy atom. The number of carbonyl (C=O) groups is 1. The Labute approximate surface area is 122 Å². The molecule has 0 unspecified atom stereocenters. The molecule has 21 heavy (non-hydrogen) atoms. The lowest BCUT2D eigenvalue weighted by atomic mass is 10.1. The van der Waals surface area contributed by atoms with Crippen LogP contribution in [0.3, 0.4) is 0 Å². The van der Waals surface area contributed by atoms with Crippen molar-refractivity contribution in [3.8, 4) is 0 Å². The zero-order valence-electron chi connectivity index (χ0n) is 12.0. The summed E-state index contributed by atoms with van der Waals surface area (Å²) in [5.74, 6) is 0.0189. The number of aliphatic hydroxyl groups is 1. The molecule has 0 spiro atoms. The van der Waals surface area contributed by atoms with Crippen molar-refractivity contribution in [1.82, 2.24) is 9.97 Å². The van der Waals surface area contributed by atoms with Crippen LogP contribution >= 0.6 is 0 Å². The molecular weight excluding hydrogens is 270 g/mol. The van der Waals surface area contributed by atoms with E-state index in [4.69, 9.17) is 5.11 Å².